The molecule has 1 aliphatic carbocycles. The first-order valence-electron chi connectivity index (χ1n) is 7.39. The van der Waals surface area contributed by atoms with Crippen LogP contribution in [-0.2, 0) is 11.3 Å². The van der Waals surface area contributed by atoms with E-state index in [9.17, 15) is 4.79 Å². The highest BCUT2D eigenvalue weighted by Gasteiger charge is 2.30. The summed E-state index contributed by atoms with van der Waals surface area (Å²) in [5.74, 6) is 0.617. The normalized spacial score (nSPS) is 14.8. The molecule has 0 unspecified atom stereocenters. The first-order valence-corrected chi connectivity index (χ1v) is 7.39. The maximum Gasteiger partial charge on any atom is 0.234 e. The topological polar surface area (TPSA) is 58.4 Å². The minimum absolute atomic E-state index is 0.126. The Labute approximate surface area is 121 Å². The fourth-order valence-electron chi connectivity index (χ4n) is 2.17. The maximum absolute atomic E-state index is 12.0. The molecule has 0 radical (unpaired) electrons. The number of nitrogens with one attached hydrogen (secondary N) is 1. The molecule has 0 bridgehead atoms. The predicted molar refractivity (Wildman–Crippen MR) is 82.1 cm³/mol. The Morgan fingerprint density at radius 3 is 2.55 bits per heavy atom. The minimum Gasteiger partial charge on any atom is -0.399 e. The molecule has 0 aliphatic heterocycles. The van der Waals surface area contributed by atoms with Crippen molar-refractivity contribution in [1.82, 2.24) is 10.2 Å². The fourth-order valence-corrected chi connectivity index (χ4v) is 2.17. The number of nitrogens with two attached hydrogens (primary N) is 1. The number of carbonyl (C=O) groups is 1. The summed E-state index contributed by atoms with van der Waals surface area (Å²) in [7, 11) is 0. The summed E-state index contributed by atoms with van der Waals surface area (Å²) in [6, 6.07) is 8.48. The number of anilines is 1. The first-order chi connectivity index (χ1) is 9.54. The van der Waals surface area contributed by atoms with Crippen LogP contribution in [0.4, 0.5) is 5.69 Å². The predicted octanol–water partition coefficient (Wildman–Crippen LogP) is 2.01. The van der Waals surface area contributed by atoms with E-state index in [1.807, 2.05) is 24.3 Å². The van der Waals surface area contributed by atoms with Crippen LogP contribution in [0, 0.1) is 5.92 Å². The van der Waals surface area contributed by atoms with Gasteiger partial charge in [-0.2, -0.15) is 0 Å². The van der Waals surface area contributed by atoms with Gasteiger partial charge >= 0.3 is 0 Å². The van der Waals surface area contributed by atoms with Gasteiger partial charge in [0.05, 0.1) is 6.54 Å². The highest BCUT2D eigenvalue weighted by molar-refractivity contribution is 5.78. The van der Waals surface area contributed by atoms with Crippen molar-refractivity contribution in [3.8, 4) is 0 Å². The molecule has 1 saturated carbocycles. The molecular formula is C16H25N3O. The van der Waals surface area contributed by atoms with Gasteiger partial charge in [0.15, 0.2) is 0 Å². The lowest BCUT2D eigenvalue weighted by Crippen LogP contribution is -2.39. The van der Waals surface area contributed by atoms with Crippen molar-refractivity contribution in [2.45, 2.75) is 39.3 Å². The largest absolute Gasteiger partial charge is 0.399 e. The molecule has 0 spiro atoms. The fraction of sp³-hybridized carbons (Fsp3) is 0.562. The van der Waals surface area contributed by atoms with Crippen molar-refractivity contribution >= 4 is 11.6 Å². The van der Waals surface area contributed by atoms with Crippen LogP contribution >= 0.6 is 0 Å². The van der Waals surface area contributed by atoms with Gasteiger partial charge in [-0.1, -0.05) is 26.0 Å². The molecule has 1 aliphatic rings. The molecule has 1 aromatic rings. The number of hydrogen-bond donors (Lipinski definition) is 2. The quantitative estimate of drug-likeness (QED) is 0.748. The van der Waals surface area contributed by atoms with E-state index in [0.717, 1.165) is 18.8 Å². The summed E-state index contributed by atoms with van der Waals surface area (Å²) < 4.78 is 0. The van der Waals surface area contributed by atoms with Gasteiger partial charge in [-0.15, -0.1) is 0 Å². The van der Waals surface area contributed by atoms with Gasteiger partial charge in [0, 0.05) is 24.8 Å². The molecule has 110 valence electrons. The Bertz CT molecular complexity index is 438. The van der Waals surface area contributed by atoms with E-state index in [1.165, 1.54) is 18.4 Å². The molecule has 20 heavy (non-hydrogen) atoms. The van der Waals surface area contributed by atoms with Crippen molar-refractivity contribution in [2.24, 2.45) is 5.92 Å². The summed E-state index contributed by atoms with van der Waals surface area (Å²) in [5.41, 5.74) is 7.69. The van der Waals surface area contributed by atoms with Gasteiger partial charge in [0.25, 0.3) is 0 Å². The zero-order valence-electron chi connectivity index (χ0n) is 12.4. The highest BCUT2D eigenvalue weighted by atomic mass is 16.2. The SMILES string of the molecule is CC(C)CNC(=O)CN(Cc1ccc(N)cc1)C1CC1. The van der Waals surface area contributed by atoms with Crippen LogP contribution < -0.4 is 11.1 Å². The van der Waals surface area contributed by atoms with E-state index in [0.29, 0.717) is 18.5 Å². The molecule has 1 fully saturated rings. The lowest BCUT2D eigenvalue weighted by atomic mass is 10.2. The van der Waals surface area contributed by atoms with Gasteiger partial charge in [-0.3, -0.25) is 9.69 Å². The van der Waals surface area contributed by atoms with E-state index in [2.05, 4.69) is 24.1 Å². The van der Waals surface area contributed by atoms with E-state index in [4.69, 9.17) is 5.73 Å². The summed E-state index contributed by atoms with van der Waals surface area (Å²) >= 11 is 0. The minimum atomic E-state index is 0.126. The molecule has 4 nitrogen and oxygen atoms in total. The van der Waals surface area contributed by atoms with Gasteiger partial charge in [-0.25, -0.2) is 0 Å². The molecule has 3 N–H and O–H groups in total. The Hall–Kier alpha value is -1.55. The lowest BCUT2D eigenvalue weighted by Gasteiger charge is -2.22. The van der Waals surface area contributed by atoms with Gasteiger partial charge in [0.1, 0.15) is 0 Å². The average molecular weight is 275 g/mol. The molecule has 0 saturated heterocycles. The molecule has 0 atom stereocenters. The standard InChI is InChI=1S/C16H25N3O/c1-12(2)9-18-16(20)11-19(15-7-8-15)10-13-3-5-14(17)6-4-13/h3-6,12,15H,7-11,17H2,1-2H3,(H,18,20). The smallest absolute Gasteiger partial charge is 0.234 e. The van der Waals surface area contributed by atoms with E-state index in [-0.39, 0.29) is 5.91 Å². The second kappa shape index (κ2) is 6.75. The summed E-state index contributed by atoms with van der Waals surface area (Å²) in [6.07, 6.45) is 2.40. The Kier molecular flexibility index (Phi) is 5.01. The summed E-state index contributed by atoms with van der Waals surface area (Å²) in [5, 5.41) is 2.99. The second-order valence-electron chi connectivity index (χ2n) is 6.08. The van der Waals surface area contributed by atoms with Crippen LogP contribution in [0.15, 0.2) is 24.3 Å². The molecule has 0 heterocycles. The van der Waals surface area contributed by atoms with Crippen LogP contribution in [0.5, 0.6) is 0 Å². The van der Waals surface area contributed by atoms with Crippen LogP contribution in [0.25, 0.3) is 0 Å². The third-order valence-electron chi connectivity index (χ3n) is 3.48. The van der Waals surface area contributed by atoms with Gasteiger partial charge in [0.2, 0.25) is 5.91 Å². The number of nitrogen functional groups attached to an aromatic ring is 1. The number of nitrogens with zero attached hydrogens (tertiary/aromatic N) is 1. The summed E-state index contributed by atoms with van der Waals surface area (Å²) in [6.45, 7) is 6.27. The van der Waals surface area contributed by atoms with Crippen molar-refractivity contribution in [3.63, 3.8) is 0 Å². The molecular weight excluding hydrogens is 250 g/mol. The van der Waals surface area contributed by atoms with Gasteiger partial charge < -0.3 is 11.1 Å². The number of benzene rings is 1. The number of amides is 1. The first kappa shape index (κ1) is 14.9. The van der Waals surface area contributed by atoms with E-state index < -0.39 is 0 Å². The lowest BCUT2D eigenvalue weighted by molar-refractivity contribution is -0.122. The molecule has 0 aromatic heterocycles. The van der Waals surface area contributed by atoms with Crippen LogP contribution in [-0.4, -0.2) is 29.9 Å². The Morgan fingerprint density at radius 1 is 1.35 bits per heavy atom. The Morgan fingerprint density at radius 2 is 2.00 bits per heavy atom. The average Bonchev–Trinajstić information content (AvgIpc) is 3.22. The third kappa shape index (κ3) is 4.85. The molecule has 4 heteroatoms. The number of rotatable bonds is 7. The zero-order chi connectivity index (χ0) is 14.5. The number of carbonyl (C=O) groups excluding carboxylic acids is 1. The zero-order valence-corrected chi connectivity index (χ0v) is 12.4. The molecule has 1 amide bonds. The number of hydrogen-bond acceptors (Lipinski definition) is 3. The van der Waals surface area contributed by atoms with Crippen LogP contribution in [0.3, 0.4) is 0 Å². The van der Waals surface area contributed by atoms with E-state index >= 15 is 0 Å². The van der Waals surface area contributed by atoms with Crippen molar-refractivity contribution in [2.75, 3.05) is 18.8 Å². The van der Waals surface area contributed by atoms with E-state index in [1.54, 1.807) is 0 Å². The van der Waals surface area contributed by atoms with Crippen molar-refractivity contribution in [1.29, 1.82) is 0 Å². The van der Waals surface area contributed by atoms with Crippen molar-refractivity contribution in [3.05, 3.63) is 29.8 Å². The molecule has 2 rings (SSSR count). The monoisotopic (exact) mass is 275 g/mol. The second-order valence-corrected chi connectivity index (χ2v) is 6.08. The maximum atomic E-state index is 12.0. The van der Waals surface area contributed by atoms with Crippen molar-refractivity contribution < 1.29 is 4.79 Å². The molecule has 1 aromatic carbocycles. The summed E-state index contributed by atoms with van der Waals surface area (Å²) in [4.78, 5) is 14.2. The van der Waals surface area contributed by atoms with Crippen LogP contribution in [0.2, 0.25) is 0 Å². The van der Waals surface area contributed by atoms with Crippen LogP contribution in [0.1, 0.15) is 32.3 Å². The Balaban J connectivity index is 1.87. The highest BCUT2D eigenvalue weighted by Crippen LogP contribution is 2.28. The third-order valence-corrected chi connectivity index (χ3v) is 3.48. The van der Waals surface area contributed by atoms with Gasteiger partial charge in [-0.05, 0) is 36.5 Å².